The van der Waals surface area contributed by atoms with Crippen LogP contribution in [0.5, 0.6) is 0 Å². The molecule has 1 N–H and O–H groups in total. The van der Waals surface area contributed by atoms with E-state index in [1.807, 2.05) is 18.2 Å². The molecule has 1 fully saturated rings. The number of piperazine rings is 1. The summed E-state index contributed by atoms with van der Waals surface area (Å²) in [5.41, 5.74) is 3.57. The molecule has 4 rings (SSSR count). The zero-order valence-corrected chi connectivity index (χ0v) is 13.8. The van der Waals surface area contributed by atoms with E-state index < -0.39 is 0 Å². The highest BCUT2D eigenvalue weighted by atomic mass is 19.1. The van der Waals surface area contributed by atoms with Gasteiger partial charge in [-0.05, 0) is 30.8 Å². The van der Waals surface area contributed by atoms with Crippen molar-refractivity contribution in [1.29, 1.82) is 0 Å². The number of amidine groups is 1. The average molecular weight is 324 g/mol. The van der Waals surface area contributed by atoms with Gasteiger partial charge in [0.05, 0.1) is 11.4 Å². The monoisotopic (exact) mass is 324 g/mol. The van der Waals surface area contributed by atoms with Crippen molar-refractivity contribution in [3.8, 4) is 0 Å². The van der Waals surface area contributed by atoms with Crippen LogP contribution in [-0.4, -0.2) is 48.4 Å². The Bertz CT molecular complexity index is 779. The molecule has 0 bridgehead atoms. The molecule has 0 saturated carbocycles. The van der Waals surface area contributed by atoms with Crippen molar-refractivity contribution in [3.63, 3.8) is 0 Å². The molecule has 2 aliphatic heterocycles. The molecule has 0 unspecified atom stereocenters. The Morgan fingerprint density at radius 2 is 1.83 bits per heavy atom. The SMILES string of the molecule is CCN1CCN(C2=Nc3cc(F)ccc3Nc3ccccc32)CC1. The Labute approximate surface area is 141 Å². The number of rotatable bonds is 1. The van der Waals surface area contributed by atoms with Gasteiger partial charge in [0.2, 0.25) is 0 Å². The van der Waals surface area contributed by atoms with Crippen LogP contribution in [0.3, 0.4) is 0 Å². The zero-order valence-electron chi connectivity index (χ0n) is 13.8. The number of likely N-dealkylation sites (N-methyl/N-ethyl adjacent to an activating group) is 1. The number of para-hydroxylation sites is 1. The van der Waals surface area contributed by atoms with Crippen LogP contribution >= 0.6 is 0 Å². The Hall–Kier alpha value is -2.40. The van der Waals surface area contributed by atoms with E-state index in [0.717, 1.165) is 55.5 Å². The minimum Gasteiger partial charge on any atom is -0.353 e. The Morgan fingerprint density at radius 1 is 1.04 bits per heavy atom. The van der Waals surface area contributed by atoms with Gasteiger partial charge in [-0.1, -0.05) is 19.1 Å². The summed E-state index contributed by atoms with van der Waals surface area (Å²) >= 11 is 0. The highest BCUT2D eigenvalue weighted by molar-refractivity contribution is 6.07. The van der Waals surface area contributed by atoms with Crippen molar-refractivity contribution in [1.82, 2.24) is 9.80 Å². The summed E-state index contributed by atoms with van der Waals surface area (Å²) < 4.78 is 13.7. The zero-order chi connectivity index (χ0) is 16.5. The van der Waals surface area contributed by atoms with Crippen molar-refractivity contribution in [2.45, 2.75) is 6.92 Å². The van der Waals surface area contributed by atoms with E-state index >= 15 is 0 Å². The number of aliphatic imine (C=N–C) groups is 1. The first-order valence-electron chi connectivity index (χ1n) is 8.46. The summed E-state index contributed by atoms with van der Waals surface area (Å²) in [6.07, 6.45) is 0. The van der Waals surface area contributed by atoms with E-state index in [4.69, 9.17) is 4.99 Å². The van der Waals surface area contributed by atoms with Crippen LogP contribution in [-0.2, 0) is 0 Å². The second-order valence-electron chi connectivity index (χ2n) is 6.19. The predicted octanol–water partition coefficient (Wildman–Crippen LogP) is 3.60. The quantitative estimate of drug-likeness (QED) is 0.869. The summed E-state index contributed by atoms with van der Waals surface area (Å²) in [4.78, 5) is 9.59. The number of hydrogen-bond acceptors (Lipinski definition) is 4. The van der Waals surface area contributed by atoms with Crippen LogP contribution in [0.4, 0.5) is 21.5 Å². The topological polar surface area (TPSA) is 30.9 Å². The second-order valence-corrected chi connectivity index (χ2v) is 6.19. The molecule has 1 saturated heterocycles. The van der Waals surface area contributed by atoms with E-state index in [0.29, 0.717) is 5.69 Å². The number of halogens is 1. The lowest BCUT2D eigenvalue weighted by Crippen LogP contribution is -2.48. The van der Waals surface area contributed by atoms with E-state index in [1.165, 1.54) is 12.1 Å². The molecular formula is C19H21FN4. The Balaban J connectivity index is 1.77. The first-order chi connectivity index (χ1) is 11.7. The van der Waals surface area contributed by atoms with E-state index in [9.17, 15) is 4.39 Å². The number of fused-ring (bicyclic) bond motifs is 2. The van der Waals surface area contributed by atoms with Crippen LogP contribution in [0.15, 0.2) is 47.5 Å². The first-order valence-corrected chi connectivity index (χ1v) is 8.46. The van der Waals surface area contributed by atoms with Crippen LogP contribution in [0, 0.1) is 5.82 Å². The van der Waals surface area contributed by atoms with Gasteiger partial charge in [0.15, 0.2) is 0 Å². The molecule has 2 heterocycles. The van der Waals surface area contributed by atoms with Crippen molar-refractivity contribution in [3.05, 3.63) is 53.8 Å². The maximum Gasteiger partial charge on any atom is 0.138 e. The molecule has 2 aromatic rings. The predicted molar refractivity (Wildman–Crippen MR) is 96.0 cm³/mol. The largest absolute Gasteiger partial charge is 0.353 e. The molecule has 0 aromatic heterocycles. The number of nitrogens with one attached hydrogen (secondary N) is 1. The van der Waals surface area contributed by atoms with Crippen LogP contribution in [0.1, 0.15) is 12.5 Å². The fourth-order valence-electron chi connectivity index (χ4n) is 3.33. The minimum absolute atomic E-state index is 0.264. The van der Waals surface area contributed by atoms with Gasteiger partial charge in [-0.15, -0.1) is 0 Å². The third-order valence-electron chi connectivity index (χ3n) is 4.74. The van der Waals surface area contributed by atoms with Crippen molar-refractivity contribution >= 4 is 22.9 Å². The van der Waals surface area contributed by atoms with Gasteiger partial charge in [0.1, 0.15) is 11.7 Å². The molecule has 2 aliphatic rings. The lowest BCUT2D eigenvalue weighted by Gasteiger charge is -2.36. The van der Waals surface area contributed by atoms with Crippen LogP contribution in [0.2, 0.25) is 0 Å². The third-order valence-corrected chi connectivity index (χ3v) is 4.74. The summed E-state index contributed by atoms with van der Waals surface area (Å²) in [5.74, 6) is 0.665. The maximum atomic E-state index is 13.7. The van der Waals surface area contributed by atoms with Crippen molar-refractivity contribution < 1.29 is 4.39 Å². The molecule has 0 spiro atoms. The third kappa shape index (κ3) is 2.76. The molecule has 0 aliphatic carbocycles. The molecule has 0 amide bonds. The number of hydrogen-bond donors (Lipinski definition) is 1. The Kier molecular flexibility index (Phi) is 3.94. The Morgan fingerprint density at radius 3 is 2.62 bits per heavy atom. The number of nitrogens with zero attached hydrogens (tertiary/aromatic N) is 3. The second kappa shape index (κ2) is 6.24. The number of benzene rings is 2. The van der Waals surface area contributed by atoms with Crippen molar-refractivity contribution in [2.24, 2.45) is 4.99 Å². The van der Waals surface area contributed by atoms with Gasteiger partial charge in [-0.3, -0.25) is 0 Å². The van der Waals surface area contributed by atoms with Gasteiger partial charge >= 0.3 is 0 Å². The maximum absolute atomic E-state index is 13.7. The van der Waals surface area contributed by atoms with Gasteiger partial charge in [0, 0.05) is 43.5 Å². The molecule has 124 valence electrons. The first kappa shape index (κ1) is 15.1. The fourth-order valence-corrected chi connectivity index (χ4v) is 3.33. The van der Waals surface area contributed by atoms with E-state index in [-0.39, 0.29) is 5.82 Å². The van der Waals surface area contributed by atoms with Gasteiger partial charge in [-0.2, -0.15) is 0 Å². The molecule has 5 heteroatoms. The summed E-state index contributed by atoms with van der Waals surface area (Å²) in [6.45, 7) is 7.20. The van der Waals surface area contributed by atoms with Gasteiger partial charge in [0.25, 0.3) is 0 Å². The summed E-state index contributed by atoms with van der Waals surface area (Å²) in [6, 6.07) is 12.9. The lowest BCUT2D eigenvalue weighted by atomic mass is 10.1. The minimum atomic E-state index is -0.264. The highest BCUT2D eigenvalue weighted by Crippen LogP contribution is 2.35. The van der Waals surface area contributed by atoms with Gasteiger partial charge < -0.3 is 15.1 Å². The van der Waals surface area contributed by atoms with E-state index in [2.05, 4.69) is 28.1 Å². The van der Waals surface area contributed by atoms with Crippen LogP contribution in [0.25, 0.3) is 0 Å². The smallest absolute Gasteiger partial charge is 0.138 e. The molecule has 0 radical (unpaired) electrons. The molecule has 2 aromatic carbocycles. The average Bonchev–Trinajstić information content (AvgIpc) is 2.78. The number of anilines is 2. The fraction of sp³-hybridized carbons (Fsp3) is 0.316. The molecule has 24 heavy (non-hydrogen) atoms. The van der Waals surface area contributed by atoms with Crippen molar-refractivity contribution in [2.75, 3.05) is 38.0 Å². The molecule has 0 atom stereocenters. The summed E-state index contributed by atoms with van der Waals surface area (Å²) in [7, 11) is 0. The van der Waals surface area contributed by atoms with Gasteiger partial charge in [-0.25, -0.2) is 9.38 Å². The summed E-state index contributed by atoms with van der Waals surface area (Å²) in [5, 5.41) is 3.40. The lowest BCUT2D eigenvalue weighted by molar-refractivity contribution is 0.190. The van der Waals surface area contributed by atoms with Crippen LogP contribution < -0.4 is 5.32 Å². The standard InChI is InChI=1S/C19H21FN4/c1-2-23-9-11-24(12-10-23)19-15-5-3-4-6-16(15)21-17-8-7-14(20)13-18(17)22-19/h3-8,13,21H,2,9-12H2,1H3. The highest BCUT2D eigenvalue weighted by Gasteiger charge is 2.24. The molecular weight excluding hydrogens is 303 g/mol. The molecule has 4 nitrogen and oxygen atoms in total. The van der Waals surface area contributed by atoms with E-state index in [1.54, 1.807) is 6.07 Å². The normalized spacial score (nSPS) is 17.4.